The summed E-state index contributed by atoms with van der Waals surface area (Å²) >= 11 is 0. The Labute approximate surface area is 92.5 Å². The molecule has 0 amide bonds. The van der Waals surface area contributed by atoms with Crippen molar-refractivity contribution < 1.29 is 8.42 Å². The van der Waals surface area contributed by atoms with E-state index in [0.29, 0.717) is 17.0 Å². The predicted molar refractivity (Wildman–Crippen MR) is 60.5 cm³/mol. The zero-order valence-electron chi connectivity index (χ0n) is 8.80. The van der Waals surface area contributed by atoms with Gasteiger partial charge in [0.05, 0.1) is 12.5 Å². The molecule has 2 aromatic rings. The lowest BCUT2D eigenvalue weighted by atomic mass is 10.5. The van der Waals surface area contributed by atoms with Crippen molar-refractivity contribution in [2.24, 2.45) is 0 Å². The molecule has 0 aliphatic heterocycles. The zero-order valence-corrected chi connectivity index (χ0v) is 9.61. The summed E-state index contributed by atoms with van der Waals surface area (Å²) in [5.41, 5.74) is 6.32. The number of nitrogens with one attached hydrogen (secondary N) is 2. The number of rotatable bonds is 3. The Hall–Kier alpha value is -1.67. The first-order valence-electron chi connectivity index (χ1n) is 4.50. The number of aromatic nitrogens is 3. The van der Waals surface area contributed by atoms with Crippen molar-refractivity contribution in [3.8, 4) is 0 Å². The smallest absolute Gasteiger partial charge is 0.237 e. The van der Waals surface area contributed by atoms with Crippen LogP contribution >= 0.6 is 0 Å². The second kappa shape index (κ2) is 3.72. The van der Waals surface area contributed by atoms with E-state index in [2.05, 4.69) is 20.8 Å². The van der Waals surface area contributed by atoms with Crippen LogP contribution < -0.4 is 10.9 Å². The Morgan fingerprint density at radius 2 is 2.19 bits per heavy atom. The Balaban J connectivity index is 2.59. The first-order valence-corrected chi connectivity index (χ1v) is 6.34. The Bertz CT molecular complexity index is 618. The molecule has 2 aromatic heterocycles. The summed E-state index contributed by atoms with van der Waals surface area (Å²) in [6.45, 7) is 0. The maximum absolute atomic E-state index is 11.4. The highest BCUT2D eigenvalue weighted by Crippen LogP contribution is 2.14. The molecule has 2 N–H and O–H groups in total. The molecule has 0 aromatic carbocycles. The predicted octanol–water partition coefficient (Wildman–Crippen LogP) is -0.215. The molecule has 0 fully saturated rings. The highest BCUT2D eigenvalue weighted by molar-refractivity contribution is 7.89. The minimum Gasteiger partial charge on any atom is -0.305 e. The molecule has 0 atom stereocenters. The third kappa shape index (κ3) is 1.84. The largest absolute Gasteiger partial charge is 0.305 e. The first kappa shape index (κ1) is 10.8. The van der Waals surface area contributed by atoms with Gasteiger partial charge in [-0.05, 0) is 6.07 Å². The molecule has 0 radical (unpaired) electrons. The van der Waals surface area contributed by atoms with Crippen molar-refractivity contribution in [2.45, 2.75) is 0 Å². The lowest BCUT2D eigenvalue weighted by Gasteiger charge is -2.03. The molecule has 0 bridgehead atoms. The fraction of sp³-hybridized carbons (Fsp3) is 0.250. The fourth-order valence-corrected chi connectivity index (χ4v) is 2.08. The minimum atomic E-state index is -3.33. The van der Waals surface area contributed by atoms with Gasteiger partial charge in [-0.15, -0.1) is 0 Å². The normalized spacial score (nSPS) is 11.9. The summed E-state index contributed by atoms with van der Waals surface area (Å²) in [5, 5.41) is 0. The van der Waals surface area contributed by atoms with Crippen molar-refractivity contribution in [1.82, 2.24) is 19.4 Å². The third-order valence-electron chi connectivity index (χ3n) is 1.97. The molecule has 7 nitrogen and oxygen atoms in total. The van der Waals surface area contributed by atoms with Crippen molar-refractivity contribution in [3.63, 3.8) is 0 Å². The average Bonchev–Trinajstić information content (AvgIpc) is 2.60. The van der Waals surface area contributed by atoms with E-state index in [4.69, 9.17) is 0 Å². The van der Waals surface area contributed by atoms with Crippen LogP contribution in [0.2, 0.25) is 0 Å². The molecular formula is C8H11N5O2S. The lowest BCUT2D eigenvalue weighted by Crippen LogP contribution is -2.16. The van der Waals surface area contributed by atoms with Gasteiger partial charge in [0.2, 0.25) is 10.0 Å². The Morgan fingerprint density at radius 1 is 1.44 bits per heavy atom. The summed E-state index contributed by atoms with van der Waals surface area (Å²) in [4.78, 5) is 8.22. The van der Waals surface area contributed by atoms with Crippen LogP contribution in [0.3, 0.4) is 0 Å². The molecule has 0 saturated heterocycles. The van der Waals surface area contributed by atoms with Gasteiger partial charge in [-0.2, -0.15) is 0 Å². The number of hydrogen-bond donors (Lipinski definition) is 2. The van der Waals surface area contributed by atoms with E-state index in [9.17, 15) is 8.42 Å². The SMILES string of the molecule is CNNc1cnc2c(ccn2S(C)(=O)=O)n1. The molecule has 2 rings (SSSR count). The maximum atomic E-state index is 11.4. The van der Waals surface area contributed by atoms with E-state index in [-0.39, 0.29) is 0 Å². The molecule has 86 valence electrons. The fourth-order valence-electron chi connectivity index (χ4n) is 1.34. The number of hydrazine groups is 1. The molecule has 8 heteroatoms. The molecule has 0 aliphatic rings. The Morgan fingerprint density at radius 3 is 2.81 bits per heavy atom. The minimum absolute atomic E-state index is 0.323. The van der Waals surface area contributed by atoms with E-state index in [1.165, 1.54) is 12.4 Å². The van der Waals surface area contributed by atoms with Crippen LogP contribution in [0.5, 0.6) is 0 Å². The van der Waals surface area contributed by atoms with Crippen LogP contribution in [0.25, 0.3) is 11.2 Å². The highest BCUT2D eigenvalue weighted by atomic mass is 32.2. The summed E-state index contributed by atoms with van der Waals surface area (Å²) < 4.78 is 23.9. The lowest BCUT2D eigenvalue weighted by molar-refractivity contribution is 0.595. The van der Waals surface area contributed by atoms with Crippen LogP contribution in [0, 0.1) is 0 Å². The second-order valence-electron chi connectivity index (χ2n) is 3.21. The van der Waals surface area contributed by atoms with Gasteiger partial charge in [-0.3, -0.25) is 0 Å². The second-order valence-corrected chi connectivity index (χ2v) is 5.07. The summed E-state index contributed by atoms with van der Waals surface area (Å²) in [6.07, 6.45) is 4.01. The zero-order chi connectivity index (χ0) is 11.8. The van der Waals surface area contributed by atoms with Crippen molar-refractivity contribution in [1.29, 1.82) is 0 Å². The van der Waals surface area contributed by atoms with E-state index >= 15 is 0 Å². The topological polar surface area (TPSA) is 88.9 Å². The molecule has 0 spiro atoms. The van der Waals surface area contributed by atoms with Gasteiger partial charge in [0.1, 0.15) is 5.52 Å². The van der Waals surface area contributed by atoms with Crippen molar-refractivity contribution in [2.75, 3.05) is 18.7 Å². The van der Waals surface area contributed by atoms with Gasteiger partial charge in [-0.1, -0.05) is 0 Å². The van der Waals surface area contributed by atoms with Gasteiger partial charge in [0.15, 0.2) is 11.5 Å². The van der Waals surface area contributed by atoms with E-state index in [1.807, 2.05) is 0 Å². The van der Waals surface area contributed by atoms with Crippen LogP contribution in [0.15, 0.2) is 18.5 Å². The molecule has 0 aliphatic carbocycles. The van der Waals surface area contributed by atoms with E-state index < -0.39 is 10.0 Å². The number of hydrogen-bond acceptors (Lipinski definition) is 6. The van der Waals surface area contributed by atoms with Gasteiger partial charge < -0.3 is 5.43 Å². The summed E-state index contributed by atoms with van der Waals surface area (Å²) in [7, 11) is -1.63. The maximum Gasteiger partial charge on any atom is 0.237 e. The van der Waals surface area contributed by atoms with E-state index in [0.717, 1.165) is 10.2 Å². The standard InChI is InChI=1S/C8H11N5O2S/c1-9-12-7-5-10-8-6(11-7)3-4-13(8)16(2,14)15/h3-5,9H,1-2H3,(H,11,12). The van der Waals surface area contributed by atoms with Crippen LogP contribution in [0.1, 0.15) is 0 Å². The van der Waals surface area contributed by atoms with Crippen molar-refractivity contribution >= 4 is 27.0 Å². The average molecular weight is 241 g/mol. The van der Waals surface area contributed by atoms with Gasteiger partial charge in [0, 0.05) is 13.2 Å². The van der Waals surface area contributed by atoms with Crippen molar-refractivity contribution in [3.05, 3.63) is 18.5 Å². The highest BCUT2D eigenvalue weighted by Gasteiger charge is 2.11. The summed E-state index contributed by atoms with van der Waals surface area (Å²) in [5.74, 6) is 0.529. The van der Waals surface area contributed by atoms with Gasteiger partial charge in [0.25, 0.3) is 0 Å². The van der Waals surface area contributed by atoms with E-state index in [1.54, 1.807) is 13.1 Å². The van der Waals surface area contributed by atoms with Gasteiger partial charge >= 0.3 is 0 Å². The molecular weight excluding hydrogens is 230 g/mol. The first-order chi connectivity index (χ1) is 7.52. The number of anilines is 1. The molecule has 2 heterocycles. The summed E-state index contributed by atoms with van der Waals surface area (Å²) in [6, 6.07) is 1.60. The van der Waals surface area contributed by atoms with Crippen LogP contribution in [0.4, 0.5) is 5.82 Å². The Kier molecular flexibility index (Phi) is 2.52. The van der Waals surface area contributed by atoms with Crippen LogP contribution in [-0.4, -0.2) is 35.7 Å². The monoisotopic (exact) mass is 241 g/mol. The van der Waals surface area contributed by atoms with Crippen LogP contribution in [-0.2, 0) is 10.0 Å². The van der Waals surface area contributed by atoms with Gasteiger partial charge in [-0.25, -0.2) is 27.8 Å². The molecule has 0 saturated carbocycles. The quantitative estimate of drug-likeness (QED) is 0.722. The number of nitrogens with zero attached hydrogens (tertiary/aromatic N) is 3. The molecule has 16 heavy (non-hydrogen) atoms. The molecule has 0 unspecified atom stereocenters. The number of fused-ring (bicyclic) bond motifs is 1. The third-order valence-corrected chi connectivity index (χ3v) is 2.98.